The number of likely N-dealkylation sites (tertiary alicyclic amines) is 1. The third-order valence-electron chi connectivity index (χ3n) is 6.52. The zero-order valence-corrected chi connectivity index (χ0v) is 23.0. The van der Waals surface area contributed by atoms with Gasteiger partial charge in [0, 0.05) is 13.0 Å². The molecule has 0 aromatic heterocycles. The molecular formula is C26H44N4O7. The van der Waals surface area contributed by atoms with Crippen LogP contribution in [0, 0.1) is 11.8 Å². The summed E-state index contributed by atoms with van der Waals surface area (Å²) < 4.78 is 4.55. The van der Waals surface area contributed by atoms with E-state index in [1.807, 2.05) is 20.8 Å². The van der Waals surface area contributed by atoms with Gasteiger partial charge in [0.25, 0.3) is 0 Å². The van der Waals surface area contributed by atoms with Crippen LogP contribution in [0.4, 0.5) is 0 Å². The van der Waals surface area contributed by atoms with Crippen molar-refractivity contribution in [3.05, 3.63) is 0 Å². The number of amides is 4. The maximum atomic E-state index is 13.5. The first-order chi connectivity index (χ1) is 17.5. The molecule has 11 heteroatoms. The summed E-state index contributed by atoms with van der Waals surface area (Å²) >= 11 is 0. The summed E-state index contributed by atoms with van der Waals surface area (Å²) in [5.41, 5.74) is 0. The Bertz CT molecular complexity index is 815. The van der Waals surface area contributed by atoms with Crippen molar-refractivity contribution in [3.8, 4) is 0 Å². The van der Waals surface area contributed by atoms with Gasteiger partial charge in [-0.05, 0) is 31.1 Å². The number of carbonyl (C=O) groups is 6. The molecule has 4 amide bonds. The van der Waals surface area contributed by atoms with E-state index in [2.05, 4.69) is 20.7 Å². The van der Waals surface area contributed by atoms with Crippen LogP contribution in [0.5, 0.6) is 0 Å². The Morgan fingerprint density at radius 1 is 1.00 bits per heavy atom. The van der Waals surface area contributed by atoms with Gasteiger partial charge < -0.3 is 30.4 Å². The third-order valence-corrected chi connectivity index (χ3v) is 6.52. The second-order valence-corrected chi connectivity index (χ2v) is 10.2. The number of ether oxygens (including phenoxy) is 1. The van der Waals surface area contributed by atoms with Gasteiger partial charge in [-0.25, -0.2) is 0 Å². The van der Waals surface area contributed by atoms with Crippen LogP contribution in [0.25, 0.3) is 0 Å². The summed E-state index contributed by atoms with van der Waals surface area (Å²) in [6.07, 6.45) is 3.43. The predicted octanol–water partition coefficient (Wildman–Crippen LogP) is 1.09. The Balaban J connectivity index is 2.95. The SMILES string of the molecule is CCCC[C@H](NC(=O)CCC(=O)OC)C(=O)N[C@H](C(=O)N1CCC[C@H]1C(=O)N[C@H](C=O)C(C)C)C(C)C. The van der Waals surface area contributed by atoms with Crippen molar-refractivity contribution in [2.24, 2.45) is 11.8 Å². The van der Waals surface area contributed by atoms with E-state index in [9.17, 15) is 28.8 Å². The van der Waals surface area contributed by atoms with E-state index in [4.69, 9.17) is 0 Å². The number of nitrogens with one attached hydrogen (secondary N) is 3. The number of unbranched alkanes of at least 4 members (excludes halogenated alkanes) is 1. The van der Waals surface area contributed by atoms with Crippen molar-refractivity contribution in [1.29, 1.82) is 0 Å². The van der Waals surface area contributed by atoms with Crippen LogP contribution < -0.4 is 16.0 Å². The lowest BCUT2D eigenvalue weighted by atomic mass is 10.0. The van der Waals surface area contributed by atoms with Gasteiger partial charge in [-0.2, -0.15) is 0 Å². The first-order valence-electron chi connectivity index (χ1n) is 13.2. The van der Waals surface area contributed by atoms with E-state index in [0.29, 0.717) is 38.5 Å². The number of hydrogen-bond donors (Lipinski definition) is 3. The van der Waals surface area contributed by atoms with Crippen LogP contribution in [-0.4, -0.2) is 78.6 Å². The van der Waals surface area contributed by atoms with Crippen molar-refractivity contribution in [2.75, 3.05) is 13.7 Å². The molecule has 1 fully saturated rings. The van der Waals surface area contributed by atoms with Gasteiger partial charge in [-0.3, -0.25) is 24.0 Å². The van der Waals surface area contributed by atoms with Gasteiger partial charge in [0.05, 0.1) is 19.6 Å². The smallest absolute Gasteiger partial charge is 0.306 e. The Morgan fingerprint density at radius 2 is 1.68 bits per heavy atom. The van der Waals surface area contributed by atoms with Crippen molar-refractivity contribution in [2.45, 2.75) is 104 Å². The number of nitrogens with zero attached hydrogens (tertiary/aromatic N) is 1. The highest BCUT2D eigenvalue weighted by atomic mass is 16.5. The molecule has 11 nitrogen and oxygen atoms in total. The zero-order chi connectivity index (χ0) is 28.1. The molecule has 1 heterocycles. The molecule has 3 N–H and O–H groups in total. The topological polar surface area (TPSA) is 151 Å². The first kappa shape index (κ1) is 32.0. The molecule has 1 rings (SSSR count). The highest BCUT2D eigenvalue weighted by Gasteiger charge is 2.40. The van der Waals surface area contributed by atoms with Gasteiger partial charge in [0.1, 0.15) is 24.4 Å². The first-order valence-corrected chi connectivity index (χ1v) is 13.2. The van der Waals surface area contributed by atoms with E-state index < -0.39 is 42.0 Å². The molecule has 0 saturated carbocycles. The number of aldehydes is 1. The summed E-state index contributed by atoms with van der Waals surface area (Å²) in [7, 11) is 1.24. The fraction of sp³-hybridized carbons (Fsp3) is 0.769. The van der Waals surface area contributed by atoms with Crippen LogP contribution in [-0.2, 0) is 33.5 Å². The number of esters is 1. The monoisotopic (exact) mass is 524 g/mol. The highest BCUT2D eigenvalue weighted by Crippen LogP contribution is 2.21. The highest BCUT2D eigenvalue weighted by molar-refractivity contribution is 5.95. The van der Waals surface area contributed by atoms with E-state index in [-0.39, 0.29) is 36.5 Å². The maximum Gasteiger partial charge on any atom is 0.306 e. The molecule has 0 aromatic carbocycles. The minimum absolute atomic E-state index is 0.0856. The molecule has 0 bridgehead atoms. The lowest BCUT2D eigenvalue weighted by molar-refractivity contribution is -0.143. The third kappa shape index (κ3) is 10.1. The van der Waals surface area contributed by atoms with Crippen LogP contribution in [0.15, 0.2) is 0 Å². The fourth-order valence-corrected chi connectivity index (χ4v) is 4.13. The Labute approximate surface area is 219 Å². The average molecular weight is 525 g/mol. The van der Waals surface area contributed by atoms with Crippen LogP contribution in [0.2, 0.25) is 0 Å². The van der Waals surface area contributed by atoms with Gasteiger partial charge in [-0.1, -0.05) is 47.5 Å². The molecule has 4 atom stereocenters. The second-order valence-electron chi connectivity index (χ2n) is 10.2. The van der Waals surface area contributed by atoms with Crippen molar-refractivity contribution >= 4 is 35.9 Å². The summed E-state index contributed by atoms with van der Waals surface area (Å²) in [6, 6.07) is -3.13. The summed E-state index contributed by atoms with van der Waals surface area (Å²) in [6.45, 7) is 9.57. The Kier molecular flexibility index (Phi) is 13.8. The molecule has 0 aromatic rings. The predicted molar refractivity (Wildman–Crippen MR) is 137 cm³/mol. The largest absolute Gasteiger partial charge is 0.469 e. The normalized spacial score (nSPS) is 17.6. The summed E-state index contributed by atoms with van der Waals surface area (Å²) in [4.78, 5) is 76.1. The molecule has 0 radical (unpaired) electrons. The zero-order valence-electron chi connectivity index (χ0n) is 23.0. The van der Waals surface area contributed by atoms with Crippen molar-refractivity contribution < 1.29 is 33.5 Å². The molecule has 210 valence electrons. The van der Waals surface area contributed by atoms with E-state index in [1.54, 1.807) is 13.8 Å². The van der Waals surface area contributed by atoms with Gasteiger partial charge in [-0.15, -0.1) is 0 Å². The fourth-order valence-electron chi connectivity index (χ4n) is 4.13. The summed E-state index contributed by atoms with van der Waals surface area (Å²) in [5, 5.41) is 8.18. The quantitative estimate of drug-likeness (QED) is 0.214. The van der Waals surface area contributed by atoms with E-state index >= 15 is 0 Å². The van der Waals surface area contributed by atoms with Crippen molar-refractivity contribution in [3.63, 3.8) is 0 Å². The maximum absolute atomic E-state index is 13.5. The van der Waals surface area contributed by atoms with E-state index in [1.165, 1.54) is 12.0 Å². The standard InChI is InChI=1S/C26H44N4O7/c1-7-8-10-18(27-21(32)12-13-22(33)37-6)24(34)29-23(17(4)5)26(36)30-14-9-11-20(30)25(35)28-19(15-31)16(2)3/h15-20,23H,7-14H2,1-6H3,(H,27,32)(H,28,35)(H,29,34)/t18-,19+,20-,23-/m0/s1. The minimum Gasteiger partial charge on any atom is -0.469 e. The lowest BCUT2D eigenvalue weighted by Gasteiger charge is -2.32. The van der Waals surface area contributed by atoms with Gasteiger partial charge >= 0.3 is 5.97 Å². The van der Waals surface area contributed by atoms with Crippen LogP contribution in [0.3, 0.4) is 0 Å². The molecular weight excluding hydrogens is 480 g/mol. The molecule has 0 unspecified atom stereocenters. The molecule has 1 saturated heterocycles. The minimum atomic E-state index is -0.899. The number of methoxy groups -OCH3 is 1. The van der Waals surface area contributed by atoms with Crippen molar-refractivity contribution in [1.82, 2.24) is 20.9 Å². The lowest BCUT2D eigenvalue weighted by Crippen LogP contribution is -2.58. The Morgan fingerprint density at radius 3 is 2.22 bits per heavy atom. The molecule has 0 aliphatic carbocycles. The molecule has 1 aliphatic rings. The number of rotatable bonds is 15. The summed E-state index contributed by atoms with van der Waals surface area (Å²) in [5.74, 6) is -2.59. The van der Waals surface area contributed by atoms with Gasteiger partial charge in [0.15, 0.2) is 0 Å². The molecule has 37 heavy (non-hydrogen) atoms. The van der Waals surface area contributed by atoms with E-state index in [0.717, 1.165) is 6.42 Å². The Hall–Kier alpha value is -2.98. The number of carbonyl (C=O) groups excluding carboxylic acids is 6. The second kappa shape index (κ2) is 16.0. The molecule has 0 spiro atoms. The average Bonchev–Trinajstić information content (AvgIpc) is 3.35. The van der Waals surface area contributed by atoms with Crippen LogP contribution in [0.1, 0.15) is 79.6 Å². The number of hydrogen-bond acceptors (Lipinski definition) is 7. The van der Waals surface area contributed by atoms with Crippen LogP contribution >= 0.6 is 0 Å². The molecule has 1 aliphatic heterocycles. The van der Waals surface area contributed by atoms with Gasteiger partial charge in [0.2, 0.25) is 23.6 Å².